The van der Waals surface area contributed by atoms with Crippen LogP contribution in [0, 0.1) is 5.82 Å². The highest BCUT2D eigenvalue weighted by atomic mass is 35.5. The molecule has 0 unspecified atom stereocenters. The van der Waals surface area contributed by atoms with E-state index in [9.17, 15) is 9.18 Å². The molecular formula is C21H21ClFN3O3. The minimum atomic E-state index is -0.382. The third kappa shape index (κ3) is 5.26. The summed E-state index contributed by atoms with van der Waals surface area (Å²) in [5, 5.41) is 7.26. The molecule has 152 valence electrons. The molecule has 1 aromatic heterocycles. The van der Waals surface area contributed by atoms with E-state index >= 15 is 0 Å². The van der Waals surface area contributed by atoms with Gasteiger partial charge in [0, 0.05) is 11.8 Å². The predicted molar refractivity (Wildman–Crippen MR) is 109 cm³/mol. The number of nitrogens with one attached hydrogen (secondary N) is 1. The molecule has 29 heavy (non-hydrogen) atoms. The van der Waals surface area contributed by atoms with Gasteiger partial charge >= 0.3 is 0 Å². The van der Waals surface area contributed by atoms with Crippen LogP contribution in [-0.4, -0.2) is 28.9 Å². The third-order valence-corrected chi connectivity index (χ3v) is 4.26. The molecule has 0 aliphatic heterocycles. The Hall–Kier alpha value is -3.06. The van der Waals surface area contributed by atoms with Gasteiger partial charge in [0.15, 0.2) is 17.3 Å². The van der Waals surface area contributed by atoms with Crippen LogP contribution in [0.4, 0.5) is 10.2 Å². The number of halogens is 2. The largest absolute Gasteiger partial charge is 0.490 e. The summed E-state index contributed by atoms with van der Waals surface area (Å²) < 4.78 is 25.9. The van der Waals surface area contributed by atoms with E-state index in [4.69, 9.17) is 21.1 Å². The zero-order valence-electron chi connectivity index (χ0n) is 16.1. The van der Waals surface area contributed by atoms with E-state index in [2.05, 4.69) is 10.4 Å². The molecule has 0 radical (unpaired) electrons. The number of carbonyl (C=O) groups is 1. The van der Waals surface area contributed by atoms with Gasteiger partial charge in [-0.05, 0) is 49.7 Å². The van der Waals surface area contributed by atoms with Crippen LogP contribution in [-0.2, 0) is 6.54 Å². The number of anilines is 1. The van der Waals surface area contributed by atoms with Gasteiger partial charge in [-0.3, -0.25) is 9.48 Å². The van der Waals surface area contributed by atoms with Crippen LogP contribution in [0.15, 0.2) is 48.7 Å². The summed E-state index contributed by atoms with van der Waals surface area (Å²) in [6.45, 7) is 4.99. The predicted octanol–water partition coefficient (Wildman–Crippen LogP) is 4.77. The molecular weight excluding hydrogens is 397 g/mol. The maximum atomic E-state index is 13.3. The summed E-state index contributed by atoms with van der Waals surface area (Å²) >= 11 is 6.20. The standard InChI is InChI=1S/C21H21ClFN3O3/c1-3-28-18-9-8-15(11-19(18)29-4-2)21(27)24-20-17(22)13-26(25-20)12-14-6-5-7-16(23)10-14/h5-11,13H,3-4,12H2,1-2H3,(H,24,25,27). The Morgan fingerprint density at radius 1 is 1.14 bits per heavy atom. The highest BCUT2D eigenvalue weighted by Crippen LogP contribution is 2.29. The molecule has 6 nitrogen and oxygen atoms in total. The Kier molecular flexibility index (Phi) is 6.72. The molecule has 0 atom stereocenters. The lowest BCUT2D eigenvalue weighted by molar-refractivity contribution is 0.102. The van der Waals surface area contributed by atoms with Gasteiger partial charge in [-0.15, -0.1) is 0 Å². The van der Waals surface area contributed by atoms with Gasteiger partial charge < -0.3 is 14.8 Å². The number of amides is 1. The second-order valence-electron chi connectivity index (χ2n) is 6.13. The monoisotopic (exact) mass is 417 g/mol. The summed E-state index contributed by atoms with van der Waals surface area (Å²) in [7, 11) is 0. The smallest absolute Gasteiger partial charge is 0.257 e. The molecule has 1 N–H and O–H groups in total. The molecule has 0 spiro atoms. The second kappa shape index (κ2) is 9.43. The molecule has 0 saturated heterocycles. The van der Waals surface area contributed by atoms with Gasteiger partial charge in [0.25, 0.3) is 5.91 Å². The summed E-state index contributed by atoms with van der Waals surface area (Å²) in [6, 6.07) is 11.1. The molecule has 1 heterocycles. The summed E-state index contributed by atoms with van der Waals surface area (Å²) in [4.78, 5) is 12.6. The Balaban J connectivity index is 1.75. The van der Waals surface area contributed by atoms with Crippen molar-refractivity contribution < 1.29 is 18.7 Å². The van der Waals surface area contributed by atoms with Gasteiger partial charge in [0.05, 0.1) is 19.8 Å². The minimum absolute atomic E-state index is 0.222. The topological polar surface area (TPSA) is 65.4 Å². The van der Waals surface area contributed by atoms with Crippen molar-refractivity contribution in [3.05, 3.63) is 70.6 Å². The van der Waals surface area contributed by atoms with Gasteiger partial charge in [0.2, 0.25) is 0 Å². The highest BCUT2D eigenvalue weighted by molar-refractivity contribution is 6.33. The lowest BCUT2D eigenvalue weighted by Gasteiger charge is -2.12. The van der Waals surface area contributed by atoms with Gasteiger partial charge in [-0.1, -0.05) is 23.7 Å². The molecule has 8 heteroatoms. The van der Waals surface area contributed by atoms with Gasteiger partial charge in [-0.2, -0.15) is 5.10 Å². The Labute approximate surface area is 173 Å². The van der Waals surface area contributed by atoms with E-state index in [-0.39, 0.29) is 22.6 Å². The molecule has 0 saturated carbocycles. The molecule has 1 amide bonds. The van der Waals surface area contributed by atoms with E-state index in [0.717, 1.165) is 5.56 Å². The molecule has 0 bridgehead atoms. The fourth-order valence-corrected chi connectivity index (χ4v) is 2.95. The summed E-state index contributed by atoms with van der Waals surface area (Å²) in [6.07, 6.45) is 1.58. The first-order valence-corrected chi connectivity index (χ1v) is 9.56. The van der Waals surface area contributed by atoms with Crippen LogP contribution < -0.4 is 14.8 Å². The number of hydrogen-bond acceptors (Lipinski definition) is 4. The SMILES string of the molecule is CCOc1ccc(C(=O)Nc2nn(Cc3cccc(F)c3)cc2Cl)cc1OCC. The molecule has 3 rings (SSSR count). The number of rotatable bonds is 8. The van der Waals surface area contributed by atoms with E-state index in [1.807, 2.05) is 13.8 Å². The summed E-state index contributed by atoms with van der Waals surface area (Å²) in [5.41, 5.74) is 1.11. The van der Waals surface area contributed by atoms with Crippen LogP contribution in [0.5, 0.6) is 11.5 Å². The van der Waals surface area contributed by atoms with Crippen molar-refractivity contribution in [3.8, 4) is 11.5 Å². The van der Waals surface area contributed by atoms with Crippen LogP contribution in [0.1, 0.15) is 29.8 Å². The highest BCUT2D eigenvalue weighted by Gasteiger charge is 2.15. The number of benzene rings is 2. The number of carbonyl (C=O) groups excluding carboxylic acids is 1. The van der Waals surface area contributed by atoms with Crippen molar-refractivity contribution in [2.45, 2.75) is 20.4 Å². The average molecular weight is 418 g/mol. The maximum absolute atomic E-state index is 13.3. The average Bonchev–Trinajstić information content (AvgIpc) is 3.02. The molecule has 0 fully saturated rings. The zero-order valence-corrected chi connectivity index (χ0v) is 16.9. The molecule has 0 aliphatic carbocycles. The van der Waals surface area contributed by atoms with Crippen molar-refractivity contribution in [2.75, 3.05) is 18.5 Å². The van der Waals surface area contributed by atoms with Crippen LogP contribution >= 0.6 is 11.6 Å². The van der Waals surface area contributed by atoms with Crippen LogP contribution in [0.2, 0.25) is 5.02 Å². The van der Waals surface area contributed by atoms with Crippen molar-refractivity contribution in [2.24, 2.45) is 0 Å². The number of hydrogen-bond donors (Lipinski definition) is 1. The lowest BCUT2D eigenvalue weighted by Crippen LogP contribution is -2.13. The van der Waals surface area contributed by atoms with Crippen molar-refractivity contribution in [1.29, 1.82) is 0 Å². The second-order valence-corrected chi connectivity index (χ2v) is 6.54. The van der Waals surface area contributed by atoms with E-state index in [1.165, 1.54) is 16.8 Å². The van der Waals surface area contributed by atoms with Crippen molar-refractivity contribution in [3.63, 3.8) is 0 Å². The van der Waals surface area contributed by atoms with Crippen molar-refractivity contribution >= 4 is 23.3 Å². The minimum Gasteiger partial charge on any atom is -0.490 e. The zero-order chi connectivity index (χ0) is 20.8. The van der Waals surface area contributed by atoms with Gasteiger partial charge in [-0.25, -0.2) is 4.39 Å². The van der Waals surface area contributed by atoms with Crippen molar-refractivity contribution in [1.82, 2.24) is 9.78 Å². The molecule has 3 aromatic rings. The van der Waals surface area contributed by atoms with Crippen LogP contribution in [0.25, 0.3) is 0 Å². The Morgan fingerprint density at radius 2 is 1.90 bits per heavy atom. The number of aromatic nitrogens is 2. The molecule has 0 aliphatic rings. The maximum Gasteiger partial charge on any atom is 0.257 e. The first-order chi connectivity index (χ1) is 14.0. The van der Waals surface area contributed by atoms with E-state index < -0.39 is 0 Å². The van der Waals surface area contributed by atoms with E-state index in [1.54, 1.807) is 36.5 Å². The van der Waals surface area contributed by atoms with Crippen LogP contribution in [0.3, 0.4) is 0 Å². The normalized spacial score (nSPS) is 10.6. The van der Waals surface area contributed by atoms with E-state index in [0.29, 0.717) is 36.8 Å². The van der Waals surface area contributed by atoms with Gasteiger partial charge in [0.1, 0.15) is 10.8 Å². The fourth-order valence-electron chi connectivity index (χ4n) is 2.76. The Morgan fingerprint density at radius 3 is 2.62 bits per heavy atom. The fraction of sp³-hybridized carbons (Fsp3) is 0.238. The first kappa shape index (κ1) is 20.7. The quantitative estimate of drug-likeness (QED) is 0.573. The molecule has 2 aromatic carbocycles. The number of ether oxygens (including phenoxy) is 2. The summed E-state index contributed by atoms with van der Waals surface area (Å²) in [5.74, 6) is 0.578. The first-order valence-electron chi connectivity index (χ1n) is 9.18. The third-order valence-electron chi connectivity index (χ3n) is 3.99. The number of nitrogens with zero attached hydrogens (tertiary/aromatic N) is 2. The Bertz CT molecular complexity index is 1010. The lowest BCUT2D eigenvalue weighted by atomic mass is 10.2.